The van der Waals surface area contributed by atoms with Crippen molar-refractivity contribution >= 4 is 17.2 Å². The Morgan fingerprint density at radius 1 is 1.32 bits per heavy atom. The molecule has 3 nitrogen and oxygen atoms in total. The monoisotopic (exact) mass is 329 g/mol. The fourth-order valence-electron chi connectivity index (χ4n) is 3.00. The van der Waals surface area contributed by atoms with Gasteiger partial charge in [0.15, 0.2) is 4.80 Å². The number of amides is 1. The molecule has 0 saturated heterocycles. The van der Waals surface area contributed by atoms with Gasteiger partial charge in [0.1, 0.15) is 0 Å². The summed E-state index contributed by atoms with van der Waals surface area (Å²) < 4.78 is 45.1. The Morgan fingerprint density at radius 3 is 2.41 bits per heavy atom. The molecule has 2 rings (SSSR count). The van der Waals surface area contributed by atoms with E-state index < -0.39 is 19.5 Å². The van der Waals surface area contributed by atoms with Crippen molar-refractivity contribution < 1.29 is 14.7 Å². The molecule has 1 fully saturated rings. The molecule has 0 bridgehead atoms. The minimum atomic E-state index is -2.94. The van der Waals surface area contributed by atoms with Gasteiger partial charge in [-0.25, -0.2) is 0 Å². The normalized spacial score (nSPS) is 24.4. The molecule has 0 unspecified atom stereocenters. The van der Waals surface area contributed by atoms with Gasteiger partial charge in [-0.05, 0) is 37.5 Å². The molecule has 1 heterocycles. The van der Waals surface area contributed by atoms with Crippen molar-refractivity contribution in [3.8, 4) is 0 Å². The van der Waals surface area contributed by atoms with E-state index in [1.807, 2.05) is 34.6 Å². The van der Waals surface area contributed by atoms with E-state index in [4.69, 9.17) is 5.48 Å². The third-order valence-electron chi connectivity index (χ3n) is 5.24. The third kappa shape index (κ3) is 2.80. The highest BCUT2D eigenvalue weighted by Crippen LogP contribution is 2.68. The fourth-order valence-corrected chi connectivity index (χ4v) is 3.95. The van der Waals surface area contributed by atoms with Gasteiger partial charge < -0.3 is 4.57 Å². The first-order chi connectivity index (χ1) is 11.5. The predicted molar refractivity (Wildman–Crippen MR) is 88.6 cm³/mol. The standard InChI is InChI=1S/C17H27FN2OS/c1-11-12(2)22-15(20(11)10-8-7-9-18)19-14(21)13-16(3,4)17(13,5)6/h13H,7-10H2,1-6H3/i9D2,10D2,18-1. The smallest absolute Gasteiger partial charge is 0.252 e. The van der Waals surface area contributed by atoms with Crippen LogP contribution in [0.4, 0.5) is 4.39 Å². The fraction of sp³-hybridized carbons (Fsp3) is 0.765. The zero-order valence-electron chi connectivity index (χ0n) is 18.1. The summed E-state index contributed by atoms with van der Waals surface area (Å²) in [5.41, 5.74) is 0.284. The maximum absolute atomic E-state index is 13.2. The summed E-state index contributed by atoms with van der Waals surface area (Å²) in [6.45, 7) is 6.64. The lowest BCUT2D eigenvalue weighted by molar-refractivity contribution is -0.120. The SMILES string of the molecule is [2H]C([2H])([18F])CCC([2H])([2H])n1c(C)c(C)sc1=NC(=O)C1C(C)(C)C1(C)C. The Balaban J connectivity index is 2.43. The Kier molecular flexibility index (Phi) is 3.35. The molecule has 1 aromatic heterocycles. The van der Waals surface area contributed by atoms with Crippen LogP contribution in [-0.4, -0.2) is 17.1 Å². The Hall–Kier alpha value is -0.970. The lowest BCUT2D eigenvalue weighted by Crippen LogP contribution is -2.20. The summed E-state index contributed by atoms with van der Waals surface area (Å²) in [6.07, 6.45) is -0.924. The summed E-state index contributed by atoms with van der Waals surface area (Å²) in [5, 5.41) is 0. The van der Waals surface area contributed by atoms with Crippen LogP contribution in [0.15, 0.2) is 4.99 Å². The van der Waals surface area contributed by atoms with E-state index in [0.717, 1.165) is 4.88 Å². The number of hydrogen-bond donors (Lipinski definition) is 0. The van der Waals surface area contributed by atoms with Crippen molar-refractivity contribution in [2.75, 3.05) is 6.63 Å². The van der Waals surface area contributed by atoms with Crippen LogP contribution in [0.1, 0.15) is 56.6 Å². The Bertz CT molecular complexity index is 776. The molecule has 0 radical (unpaired) electrons. The van der Waals surface area contributed by atoms with Gasteiger partial charge in [-0.3, -0.25) is 9.18 Å². The Morgan fingerprint density at radius 2 is 1.91 bits per heavy atom. The van der Waals surface area contributed by atoms with Gasteiger partial charge in [0.25, 0.3) is 5.91 Å². The van der Waals surface area contributed by atoms with E-state index in [-0.39, 0.29) is 33.9 Å². The second-order valence-electron chi connectivity index (χ2n) is 6.98. The number of nitrogens with zero attached hydrogens (tertiary/aromatic N) is 2. The second-order valence-corrected chi connectivity index (χ2v) is 8.16. The molecule has 1 aromatic rings. The molecule has 1 amide bonds. The zero-order chi connectivity index (χ0) is 20.3. The first-order valence-electron chi connectivity index (χ1n) is 9.49. The number of alkyl halides is 1. The summed E-state index contributed by atoms with van der Waals surface area (Å²) in [6, 6.07) is 0. The third-order valence-corrected chi connectivity index (χ3v) is 6.30. The van der Waals surface area contributed by atoms with Gasteiger partial charge >= 0.3 is 0 Å². The highest BCUT2D eigenvalue weighted by molar-refractivity contribution is 7.09. The topological polar surface area (TPSA) is 34.4 Å². The minimum absolute atomic E-state index is 0.164. The van der Waals surface area contributed by atoms with Crippen molar-refractivity contribution in [3.05, 3.63) is 15.4 Å². The van der Waals surface area contributed by atoms with Gasteiger partial charge in [0.2, 0.25) is 0 Å². The van der Waals surface area contributed by atoms with E-state index in [2.05, 4.69) is 4.99 Å². The molecule has 5 heteroatoms. The number of halogens is 1. The average molecular weight is 330 g/mol. The van der Waals surface area contributed by atoms with E-state index in [0.29, 0.717) is 5.69 Å². The first kappa shape index (κ1) is 12.5. The van der Waals surface area contributed by atoms with E-state index in [1.54, 1.807) is 6.92 Å². The van der Waals surface area contributed by atoms with Gasteiger partial charge in [-0.1, -0.05) is 27.7 Å². The largest absolute Gasteiger partial charge is 0.321 e. The van der Waals surface area contributed by atoms with Crippen molar-refractivity contribution in [3.63, 3.8) is 0 Å². The van der Waals surface area contributed by atoms with E-state index in [9.17, 15) is 9.18 Å². The average Bonchev–Trinajstić information content (AvgIpc) is 2.66. The quantitative estimate of drug-likeness (QED) is 0.803. The van der Waals surface area contributed by atoms with Crippen LogP contribution < -0.4 is 4.80 Å². The highest BCUT2D eigenvalue weighted by Gasteiger charge is 2.68. The van der Waals surface area contributed by atoms with Crippen LogP contribution in [0.3, 0.4) is 0 Å². The molecule has 1 aliphatic rings. The van der Waals surface area contributed by atoms with Crippen molar-refractivity contribution in [2.24, 2.45) is 21.7 Å². The number of aryl methyl sites for hydroxylation is 1. The summed E-state index contributed by atoms with van der Waals surface area (Å²) >= 11 is 1.22. The zero-order valence-corrected chi connectivity index (χ0v) is 14.9. The van der Waals surface area contributed by atoms with Crippen LogP contribution in [0, 0.1) is 30.6 Å². The number of aromatic nitrogens is 1. The Labute approximate surface area is 141 Å². The number of thiazole rings is 1. The predicted octanol–water partition coefficient (Wildman–Crippen LogP) is 4.03. The van der Waals surface area contributed by atoms with Gasteiger partial charge in [0, 0.05) is 19.8 Å². The molecule has 0 atom stereocenters. The van der Waals surface area contributed by atoms with Crippen molar-refractivity contribution in [2.45, 2.75) is 60.9 Å². The first-order valence-corrected chi connectivity index (χ1v) is 8.31. The van der Waals surface area contributed by atoms with Crippen LogP contribution in [-0.2, 0) is 11.3 Å². The molecule has 22 heavy (non-hydrogen) atoms. The van der Waals surface area contributed by atoms with Gasteiger partial charge in [0.05, 0.1) is 15.3 Å². The molecule has 1 saturated carbocycles. The highest BCUT2D eigenvalue weighted by atomic mass is 32.1. The molecule has 0 aliphatic heterocycles. The molecule has 124 valence electrons. The van der Waals surface area contributed by atoms with Gasteiger partial charge in [-0.2, -0.15) is 4.99 Å². The van der Waals surface area contributed by atoms with Crippen LogP contribution in [0.2, 0.25) is 0 Å². The van der Waals surface area contributed by atoms with Gasteiger partial charge in [-0.15, -0.1) is 11.3 Å². The number of hydrogen-bond acceptors (Lipinski definition) is 2. The summed E-state index contributed by atoms with van der Waals surface area (Å²) in [5.74, 6) is -0.497. The lowest BCUT2D eigenvalue weighted by Gasteiger charge is -2.05. The van der Waals surface area contributed by atoms with Crippen LogP contribution in [0.5, 0.6) is 0 Å². The van der Waals surface area contributed by atoms with E-state index in [1.165, 1.54) is 15.9 Å². The molecule has 0 N–H and O–H groups in total. The second kappa shape index (κ2) is 5.91. The molecule has 0 spiro atoms. The van der Waals surface area contributed by atoms with Crippen LogP contribution in [0.25, 0.3) is 0 Å². The number of rotatable bonds is 5. The number of carbonyl (C=O) groups is 1. The summed E-state index contributed by atoms with van der Waals surface area (Å²) in [4.78, 5) is 18.0. The number of carbonyl (C=O) groups excluding carboxylic acids is 1. The lowest BCUT2D eigenvalue weighted by atomic mass is 10.0. The maximum atomic E-state index is 13.2. The van der Waals surface area contributed by atoms with Crippen LogP contribution >= 0.6 is 11.3 Å². The molecular formula is C17H27FN2OS. The molecule has 1 aliphatic carbocycles. The molecular weight excluding hydrogens is 298 g/mol. The minimum Gasteiger partial charge on any atom is -0.321 e. The molecule has 0 aromatic carbocycles. The van der Waals surface area contributed by atoms with E-state index >= 15 is 0 Å². The van der Waals surface area contributed by atoms with Crippen molar-refractivity contribution in [1.82, 2.24) is 4.57 Å². The summed E-state index contributed by atoms with van der Waals surface area (Å²) in [7, 11) is 0. The maximum Gasteiger partial charge on any atom is 0.252 e. The van der Waals surface area contributed by atoms with Crippen molar-refractivity contribution in [1.29, 1.82) is 0 Å².